The van der Waals surface area contributed by atoms with Gasteiger partial charge in [0.15, 0.2) is 0 Å². The fraction of sp³-hybridized carbons (Fsp3) is 0.0667. The SMILES string of the molecule is O=C(O)/C=C/CNc1cc(Cl)c(Cl)c2[nH]cc(-c3cn[nH]c3)c12. The molecule has 6 nitrogen and oxygen atoms in total. The summed E-state index contributed by atoms with van der Waals surface area (Å²) in [6, 6.07) is 1.72. The number of H-pyrrole nitrogens is 2. The normalized spacial score (nSPS) is 11.4. The molecule has 2 heterocycles. The monoisotopic (exact) mass is 350 g/mol. The second kappa shape index (κ2) is 6.36. The number of aliphatic carboxylic acids is 1. The fourth-order valence-corrected chi connectivity index (χ4v) is 2.76. The molecule has 3 rings (SSSR count). The van der Waals surface area contributed by atoms with E-state index in [-0.39, 0.29) is 0 Å². The first-order valence-electron chi connectivity index (χ1n) is 6.69. The van der Waals surface area contributed by atoms with Crippen molar-refractivity contribution in [3.63, 3.8) is 0 Å². The van der Waals surface area contributed by atoms with Crippen LogP contribution in [0.1, 0.15) is 0 Å². The lowest BCUT2D eigenvalue weighted by Gasteiger charge is -2.09. The molecule has 4 N–H and O–H groups in total. The number of rotatable bonds is 5. The molecule has 118 valence electrons. The standard InChI is InChI=1S/C15H12Cl2N4O2/c16-10-4-11(18-3-1-2-12(22)23)13-9(8-5-20-21-6-8)7-19-15(13)14(10)17/h1-2,4-7,18-19H,3H2,(H,20,21)(H,22,23)/b2-1+. The number of benzene rings is 1. The van der Waals surface area contributed by atoms with Crippen molar-refractivity contribution in [2.45, 2.75) is 0 Å². The van der Waals surface area contributed by atoms with Crippen LogP contribution < -0.4 is 5.32 Å². The maximum atomic E-state index is 10.5. The van der Waals surface area contributed by atoms with Gasteiger partial charge in [-0.25, -0.2) is 4.79 Å². The third kappa shape index (κ3) is 3.04. The van der Waals surface area contributed by atoms with E-state index in [1.807, 2.05) is 6.20 Å². The lowest BCUT2D eigenvalue weighted by molar-refractivity contribution is -0.131. The summed E-state index contributed by atoms with van der Waals surface area (Å²) in [6.45, 7) is 0.343. The van der Waals surface area contributed by atoms with Gasteiger partial charge < -0.3 is 15.4 Å². The molecule has 23 heavy (non-hydrogen) atoms. The highest BCUT2D eigenvalue weighted by atomic mass is 35.5. The topological polar surface area (TPSA) is 93.8 Å². The van der Waals surface area contributed by atoms with Gasteiger partial charge >= 0.3 is 5.97 Å². The number of aromatic nitrogens is 3. The van der Waals surface area contributed by atoms with Crippen molar-refractivity contribution < 1.29 is 9.90 Å². The van der Waals surface area contributed by atoms with Crippen LogP contribution in [0.2, 0.25) is 10.0 Å². The zero-order valence-electron chi connectivity index (χ0n) is 11.7. The van der Waals surface area contributed by atoms with Crippen LogP contribution in [-0.2, 0) is 4.79 Å². The van der Waals surface area contributed by atoms with Gasteiger partial charge in [0.1, 0.15) is 0 Å². The van der Waals surface area contributed by atoms with E-state index >= 15 is 0 Å². The van der Waals surface area contributed by atoms with Crippen LogP contribution in [0.25, 0.3) is 22.0 Å². The van der Waals surface area contributed by atoms with E-state index in [4.69, 9.17) is 28.3 Å². The number of anilines is 1. The molecule has 8 heteroatoms. The van der Waals surface area contributed by atoms with E-state index in [2.05, 4.69) is 20.5 Å². The summed E-state index contributed by atoms with van der Waals surface area (Å²) < 4.78 is 0. The largest absolute Gasteiger partial charge is 0.478 e. The van der Waals surface area contributed by atoms with Crippen LogP contribution in [0.4, 0.5) is 5.69 Å². The average molecular weight is 351 g/mol. The van der Waals surface area contributed by atoms with Gasteiger partial charge in [-0.05, 0) is 6.07 Å². The van der Waals surface area contributed by atoms with Crippen LogP contribution in [0.15, 0.2) is 36.8 Å². The Morgan fingerprint density at radius 3 is 2.91 bits per heavy atom. The Labute approximate surface area is 141 Å². The summed E-state index contributed by atoms with van der Waals surface area (Å²) in [7, 11) is 0. The molecule has 0 aliphatic carbocycles. The van der Waals surface area contributed by atoms with Gasteiger partial charge in [0.05, 0.1) is 21.8 Å². The van der Waals surface area contributed by atoms with Gasteiger partial charge in [0.2, 0.25) is 0 Å². The van der Waals surface area contributed by atoms with E-state index < -0.39 is 5.97 Å². The van der Waals surface area contributed by atoms with Crippen molar-refractivity contribution in [1.82, 2.24) is 15.2 Å². The molecule has 0 saturated carbocycles. The zero-order chi connectivity index (χ0) is 16.4. The number of fused-ring (bicyclic) bond motifs is 1. The number of nitrogens with zero attached hydrogens (tertiary/aromatic N) is 1. The lowest BCUT2D eigenvalue weighted by Crippen LogP contribution is -2.00. The maximum absolute atomic E-state index is 10.5. The summed E-state index contributed by atoms with van der Waals surface area (Å²) in [5.41, 5.74) is 3.28. The van der Waals surface area contributed by atoms with Crippen LogP contribution in [0, 0.1) is 0 Å². The lowest BCUT2D eigenvalue weighted by atomic mass is 10.1. The highest BCUT2D eigenvalue weighted by molar-refractivity contribution is 6.46. The van der Waals surface area contributed by atoms with Crippen molar-refractivity contribution in [3.8, 4) is 11.1 Å². The maximum Gasteiger partial charge on any atom is 0.328 e. The first kappa shape index (κ1) is 15.5. The Morgan fingerprint density at radius 2 is 2.22 bits per heavy atom. The Hall–Kier alpha value is -2.44. The highest BCUT2D eigenvalue weighted by Crippen LogP contribution is 2.40. The molecule has 0 amide bonds. The first-order chi connectivity index (χ1) is 11.1. The molecular weight excluding hydrogens is 339 g/mol. The van der Waals surface area contributed by atoms with E-state index in [1.54, 1.807) is 18.5 Å². The van der Waals surface area contributed by atoms with Gasteiger partial charge in [-0.1, -0.05) is 29.3 Å². The molecule has 1 aromatic carbocycles. The average Bonchev–Trinajstić information content (AvgIpc) is 3.16. The van der Waals surface area contributed by atoms with Crippen molar-refractivity contribution in [3.05, 3.63) is 46.9 Å². The minimum atomic E-state index is -0.994. The van der Waals surface area contributed by atoms with Gasteiger partial charge in [0, 0.05) is 47.2 Å². The van der Waals surface area contributed by atoms with Gasteiger partial charge in [-0.3, -0.25) is 5.10 Å². The van der Waals surface area contributed by atoms with Gasteiger partial charge in [-0.2, -0.15) is 5.10 Å². The van der Waals surface area contributed by atoms with Crippen LogP contribution in [0.5, 0.6) is 0 Å². The van der Waals surface area contributed by atoms with E-state index in [9.17, 15) is 4.79 Å². The molecule has 3 aromatic rings. The van der Waals surface area contributed by atoms with E-state index in [0.29, 0.717) is 22.1 Å². The smallest absolute Gasteiger partial charge is 0.328 e. The molecule has 0 radical (unpaired) electrons. The fourth-order valence-electron chi connectivity index (χ4n) is 2.35. The quantitative estimate of drug-likeness (QED) is 0.524. The zero-order valence-corrected chi connectivity index (χ0v) is 13.2. The Bertz CT molecular complexity index is 885. The number of hydrogen-bond donors (Lipinski definition) is 4. The molecule has 0 aliphatic rings. The summed E-state index contributed by atoms with van der Waals surface area (Å²) in [5, 5.41) is 20.2. The molecule has 0 aliphatic heterocycles. The molecule has 0 bridgehead atoms. The van der Waals surface area contributed by atoms with Gasteiger partial charge in [-0.15, -0.1) is 0 Å². The second-order valence-electron chi connectivity index (χ2n) is 4.78. The summed E-state index contributed by atoms with van der Waals surface area (Å²) >= 11 is 12.4. The first-order valence-corrected chi connectivity index (χ1v) is 7.45. The van der Waals surface area contributed by atoms with Crippen molar-refractivity contribution in [1.29, 1.82) is 0 Å². The Kier molecular flexibility index (Phi) is 4.27. The molecule has 0 fully saturated rings. The minimum absolute atomic E-state index is 0.343. The molecule has 0 unspecified atom stereocenters. The van der Waals surface area contributed by atoms with Crippen LogP contribution >= 0.6 is 23.2 Å². The number of carboxylic acid groups (broad SMARTS) is 1. The van der Waals surface area contributed by atoms with Crippen molar-refractivity contribution in [2.75, 3.05) is 11.9 Å². The number of carbonyl (C=O) groups is 1. The summed E-state index contributed by atoms with van der Waals surface area (Å²) in [4.78, 5) is 13.6. The molecule has 0 saturated heterocycles. The Morgan fingerprint density at radius 1 is 1.39 bits per heavy atom. The van der Waals surface area contributed by atoms with Crippen molar-refractivity contribution >= 4 is 45.8 Å². The minimum Gasteiger partial charge on any atom is -0.478 e. The van der Waals surface area contributed by atoms with Crippen LogP contribution in [0.3, 0.4) is 0 Å². The van der Waals surface area contributed by atoms with Gasteiger partial charge in [0.25, 0.3) is 0 Å². The molecule has 2 aromatic heterocycles. The van der Waals surface area contributed by atoms with E-state index in [1.165, 1.54) is 6.08 Å². The number of aromatic amines is 2. The highest BCUT2D eigenvalue weighted by Gasteiger charge is 2.16. The Balaban J connectivity index is 2.07. The van der Waals surface area contributed by atoms with Crippen molar-refractivity contribution in [2.24, 2.45) is 0 Å². The predicted octanol–water partition coefficient (Wildman–Crippen LogP) is 3.92. The molecule has 0 spiro atoms. The van der Waals surface area contributed by atoms with Crippen LogP contribution in [-0.4, -0.2) is 32.8 Å². The van der Waals surface area contributed by atoms with E-state index in [0.717, 1.165) is 28.3 Å². The number of carboxylic acids is 1. The molecular formula is C15H12Cl2N4O2. The number of nitrogens with one attached hydrogen (secondary N) is 3. The third-order valence-electron chi connectivity index (χ3n) is 3.33. The second-order valence-corrected chi connectivity index (χ2v) is 5.57. The third-order valence-corrected chi connectivity index (χ3v) is 4.12. The predicted molar refractivity (Wildman–Crippen MR) is 91.2 cm³/mol. The molecule has 0 atom stereocenters. The summed E-state index contributed by atoms with van der Waals surface area (Å²) in [5.74, 6) is -0.994. The number of hydrogen-bond acceptors (Lipinski definition) is 3. The summed E-state index contributed by atoms with van der Waals surface area (Å²) in [6.07, 6.45) is 7.91. The number of halogens is 2.